The Morgan fingerprint density at radius 1 is 1.32 bits per heavy atom. The molecule has 0 aliphatic heterocycles. The van der Waals surface area contributed by atoms with Gasteiger partial charge in [-0.1, -0.05) is 11.6 Å². The molecule has 1 heterocycles. The summed E-state index contributed by atoms with van der Waals surface area (Å²) in [5.41, 5.74) is 0.786. The zero-order valence-electron chi connectivity index (χ0n) is 11.2. The molecule has 1 aromatic carbocycles. The Hall–Kier alpha value is -1.96. The van der Waals surface area contributed by atoms with Crippen LogP contribution in [0.25, 0.3) is 0 Å². The molecule has 3 N–H and O–H groups in total. The Bertz CT molecular complexity index is 679. The standard InChI is InChI=1S/C14H12ClFN2O3S/c15-10-5-9(16)1-2-11(10)18-14(21)13(20)17-6-12(19)8-3-4-22-7-8/h1-5,7,12,19H,6H2,(H,17,20)(H,18,21). The van der Waals surface area contributed by atoms with Crippen molar-refractivity contribution in [1.82, 2.24) is 5.32 Å². The first kappa shape index (κ1) is 16.4. The Kier molecular flexibility index (Phi) is 5.48. The van der Waals surface area contributed by atoms with E-state index < -0.39 is 23.7 Å². The highest BCUT2D eigenvalue weighted by Gasteiger charge is 2.17. The highest BCUT2D eigenvalue weighted by Crippen LogP contribution is 2.22. The molecule has 1 atom stereocenters. The van der Waals surface area contributed by atoms with Gasteiger partial charge in [0.25, 0.3) is 0 Å². The van der Waals surface area contributed by atoms with Crippen LogP contribution >= 0.6 is 22.9 Å². The fraction of sp³-hybridized carbons (Fsp3) is 0.143. The minimum atomic E-state index is -0.953. The molecule has 5 nitrogen and oxygen atoms in total. The van der Waals surface area contributed by atoms with Gasteiger partial charge in [-0.25, -0.2) is 4.39 Å². The van der Waals surface area contributed by atoms with Gasteiger partial charge in [0.05, 0.1) is 16.8 Å². The molecule has 2 aromatic rings. The first-order chi connectivity index (χ1) is 10.5. The van der Waals surface area contributed by atoms with Crippen molar-refractivity contribution in [2.75, 3.05) is 11.9 Å². The average molecular weight is 343 g/mol. The Balaban J connectivity index is 1.88. The smallest absolute Gasteiger partial charge is 0.313 e. The van der Waals surface area contributed by atoms with Crippen LogP contribution in [0.4, 0.5) is 10.1 Å². The van der Waals surface area contributed by atoms with Gasteiger partial charge in [0, 0.05) is 6.54 Å². The van der Waals surface area contributed by atoms with Gasteiger partial charge in [0.1, 0.15) is 5.82 Å². The van der Waals surface area contributed by atoms with Crippen molar-refractivity contribution in [3.63, 3.8) is 0 Å². The molecule has 1 unspecified atom stereocenters. The predicted molar refractivity (Wildman–Crippen MR) is 82.3 cm³/mol. The molecule has 0 radical (unpaired) electrons. The lowest BCUT2D eigenvalue weighted by Gasteiger charge is -2.11. The molecule has 8 heteroatoms. The second kappa shape index (κ2) is 7.35. The van der Waals surface area contributed by atoms with Crippen molar-refractivity contribution in [2.24, 2.45) is 0 Å². The molecule has 1 aromatic heterocycles. The lowest BCUT2D eigenvalue weighted by Crippen LogP contribution is -2.37. The van der Waals surface area contributed by atoms with E-state index in [0.29, 0.717) is 5.56 Å². The van der Waals surface area contributed by atoms with Gasteiger partial charge in [0.15, 0.2) is 0 Å². The van der Waals surface area contributed by atoms with Crippen molar-refractivity contribution in [1.29, 1.82) is 0 Å². The second-order valence-corrected chi connectivity index (χ2v) is 5.55. The summed E-state index contributed by atoms with van der Waals surface area (Å²) in [4.78, 5) is 23.3. The van der Waals surface area contributed by atoms with Crippen LogP contribution in [0.5, 0.6) is 0 Å². The number of carbonyl (C=O) groups excluding carboxylic acids is 2. The fourth-order valence-corrected chi connectivity index (χ4v) is 2.54. The molecule has 2 rings (SSSR count). The van der Waals surface area contributed by atoms with Crippen LogP contribution in [-0.4, -0.2) is 23.5 Å². The molecule has 0 saturated heterocycles. The largest absolute Gasteiger partial charge is 0.387 e. The fourth-order valence-electron chi connectivity index (χ4n) is 1.62. The number of anilines is 1. The van der Waals surface area contributed by atoms with Gasteiger partial charge in [-0.2, -0.15) is 11.3 Å². The van der Waals surface area contributed by atoms with Crippen molar-refractivity contribution >= 4 is 40.4 Å². The predicted octanol–water partition coefficient (Wildman–Crippen LogP) is 2.33. The Morgan fingerprint density at radius 2 is 2.09 bits per heavy atom. The molecular formula is C14H12ClFN2O3S. The first-order valence-corrected chi connectivity index (χ1v) is 7.54. The third-order valence-electron chi connectivity index (χ3n) is 2.77. The zero-order chi connectivity index (χ0) is 16.1. The van der Waals surface area contributed by atoms with Gasteiger partial charge >= 0.3 is 11.8 Å². The summed E-state index contributed by atoms with van der Waals surface area (Å²) in [6.45, 7) is -0.0971. The molecule has 2 amide bonds. The van der Waals surface area contributed by atoms with E-state index in [9.17, 15) is 19.1 Å². The third-order valence-corrected chi connectivity index (χ3v) is 3.78. The molecular weight excluding hydrogens is 331 g/mol. The van der Waals surface area contributed by atoms with E-state index in [1.807, 2.05) is 0 Å². The number of benzene rings is 1. The summed E-state index contributed by atoms with van der Waals surface area (Å²) in [6.07, 6.45) is -0.891. The van der Waals surface area contributed by atoms with Gasteiger partial charge < -0.3 is 15.7 Å². The number of carbonyl (C=O) groups is 2. The van der Waals surface area contributed by atoms with E-state index in [2.05, 4.69) is 10.6 Å². The van der Waals surface area contributed by atoms with E-state index in [1.165, 1.54) is 17.4 Å². The number of nitrogens with one attached hydrogen (secondary N) is 2. The Morgan fingerprint density at radius 3 is 2.73 bits per heavy atom. The van der Waals surface area contributed by atoms with Gasteiger partial charge in [-0.15, -0.1) is 0 Å². The number of aliphatic hydroxyl groups excluding tert-OH is 1. The SMILES string of the molecule is O=C(NCC(O)c1ccsc1)C(=O)Nc1ccc(F)cc1Cl. The molecule has 22 heavy (non-hydrogen) atoms. The van der Waals surface area contributed by atoms with Crippen LogP contribution in [0.1, 0.15) is 11.7 Å². The maximum Gasteiger partial charge on any atom is 0.313 e. The van der Waals surface area contributed by atoms with Gasteiger partial charge in [-0.05, 0) is 40.6 Å². The van der Waals surface area contributed by atoms with Crippen molar-refractivity contribution in [2.45, 2.75) is 6.10 Å². The van der Waals surface area contributed by atoms with Crippen LogP contribution in [0, 0.1) is 5.82 Å². The first-order valence-electron chi connectivity index (χ1n) is 6.22. The number of halogens is 2. The number of aliphatic hydroxyl groups is 1. The molecule has 0 fully saturated rings. The van der Waals surface area contributed by atoms with Crippen LogP contribution in [-0.2, 0) is 9.59 Å². The lowest BCUT2D eigenvalue weighted by atomic mass is 10.2. The molecule has 0 aliphatic carbocycles. The molecule has 0 aliphatic rings. The van der Waals surface area contributed by atoms with Gasteiger partial charge in [0.2, 0.25) is 0 Å². The van der Waals surface area contributed by atoms with Crippen LogP contribution in [0.3, 0.4) is 0 Å². The minimum Gasteiger partial charge on any atom is -0.387 e. The quantitative estimate of drug-likeness (QED) is 0.746. The molecule has 0 spiro atoms. The van der Waals surface area contributed by atoms with Crippen LogP contribution in [0.2, 0.25) is 5.02 Å². The summed E-state index contributed by atoms with van der Waals surface area (Å²) in [7, 11) is 0. The minimum absolute atomic E-state index is 0.0144. The van der Waals surface area contributed by atoms with E-state index in [4.69, 9.17) is 11.6 Å². The topological polar surface area (TPSA) is 78.4 Å². The highest BCUT2D eigenvalue weighted by atomic mass is 35.5. The van der Waals surface area contributed by atoms with Crippen molar-refractivity contribution < 1.29 is 19.1 Å². The van der Waals surface area contributed by atoms with Crippen molar-refractivity contribution in [3.05, 3.63) is 51.4 Å². The number of amides is 2. The van der Waals surface area contributed by atoms with Crippen LogP contribution < -0.4 is 10.6 Å². The zero-order valence-corrected chi connectivity index (χ0v) is 12.7. The van der Waals surface area contributed by atoms with Crippen LogP contribution in [0.15, 0.2) is 35.0 Å². The lowest BCUT2D eigenvalue weighted by molar-refractivity contribution is -0.136. The summed E-state index contributed by atoms with van der Waals surface area (Å²) in [5, 5.41) is 17.9. The van der Waals surface area contributed by atoms with E-state index >= 15 is 0 Å². The molecule has 0 bridgehead atoms. The molecule has 0 saturated carbocycles. The van der Waals surface area contributed by atoms with E-state index in [0.717, 1.165) is 12.1 Å². The summed E-state index contributed by atoms with van der Waals surface area (Å²) in [5.74, 6) is -2.42. The van der Waals surface area contributed by atoms with E-state index in [1.54, 1.807) is 16.8 Å². The average Bonchev–Trinajstić information content (AvgIpc) is 3.01. The summed E-state index contributed by atoms with van der Waals surface area (Å²) < 4.78 is 12.9. The normalized spacial score (nSPS) is 11.8. The highest BCUT2D eigenvalue weighted by molar-refractivity contribution is 7.07. The second-order valence-electron chi connectivity index (χ2n) is 4.36. The maximum atomic E-state index is 12.9. The number of thiophene rings is 1. The number of hydrogen-bond acceptors (Lipinski definition) is 4. The molecule has 116 valence electrons. The maximum absolute atomic E-state index is 12.9. The summed E-state index contributed by atoms with van der Waals surface area (Å²) in [6, 6.07) is 5.11. The summed E-state index contributed by atoms with van der Waals surface area (Å²) >= 11 is 7.16. The van der Waals surface area contributed by atoms with E-state index in [-0.39, 0.29) is 17.3 Å². The Labute approximate surface area is 134 Å². The number of rotatable bonds is 4. The van der Waals surface area contributed by atoms with Gasteiger partial charge in [-0.3, -0.25) is 9.59 Å². The monoisotopic (exact) mass is 342 g/mol. The number of hydrogen-bond donors (Lipinski definition) is 3. The third kappa shape index (κ3) is 4.27. The van der Waals surface area contributed by atoms with Crippen molar-refractivity contribution in [3.8, 4) is 0 Å².